The molecule has 1 aliphatic rings. The molecule has 0 radical (unpaired) electrons. The van der Waals surface area contributed by atoms with E-state index in [1.807, 2.05) is 20.8 Å². The Balaban J connectivity index is 2.22. The molecule has 0 spiro atoms. The van der Waals surface area contributed by atoms with Crippen molar-refractivity contribution >= 4 is 23.2 Å². The molecule has 1 aromatic carbocycles. The number of fused-ring (bicyclic) bond motifs is 1. The average molecular weight is 305 g/mol. The van der Waals surface area contributed by atoms with Gasteiger partial charge in [-0.05, 0) is 30.5 Å². The molecular weight excluding hydrogens is 282 g/mol. The monoisotopic (exact) mass is 305 g/mol. The molecule has 1 heterocycles. The Morgan fingerprint density at radius 3 is 2.82 bits per heavy atom. The summed E-state index contributed by atoms with van der Waals surface area (Å²) in [5.41, 5.74) is 6.87. The van der Waals surface area contributed by atoms with Gasteiger partial charge in [-0.15, -0.1) is 0 Å². The molecule has 2 rings (SSSR count). The molecular formula is C16H23N3O3. The molecule has 22 heavy (non-hydrogen) atoms. The lowest BCUT2D eigenvalue weighted by molar-refractivity contribution is -0.129. The number of nitrogen functional groups attached to an aromatic ring is 1. The third-order valence-corrected chi connectivity index (χ3v) is 3.46. The van der Waals surface area contributed by atoms with Gasteiger partial charge in [0.25, 0.3) is 5.91 Å². The second kappa shape index (κ2) is 6.68. The van der Waals surface area contributed by atoms with E-state index in [9.17, 15) is 9.59 Å². The third kappa shape index (κ3) is 3.50. The minimum atomic E-state index is -0.561. The van der Waals surface area contributed by atoms with E-state index in [2.05, 4.69) is 5.32 Å². The molecule has 1 aromatic rings. The Morgan fingerprint density at radius 2 is 2.18 bits per heavy atom. The fourth-order valence-corrected chi connectivity index (χ4v) is 2.28. The highest BCUT2D eigenvalue weighted by Crippen LogP contribution is 2.36. The smallest absolute Gasteiger partial charge is 0.268 e. The van der Waals surface area contributed by atoms with Gasteiger partial charge in [0.2, 0.25) is 5.91 Å². The summed E-state index contributed by atoms with van der Waals surface area (Å²) < 4.78 is 5.68. The fourth-order valence-electron chi connectivity index (χ4n) is 2.28. The molecule has 120 valence electrons. The van der Waals surface area contributed by atoms with Crippen LogP contribution in [0.1, 0.15) is 27.2 Å². The van der Waals surface area contributed by atoms with Gasteiger partial charge >= 0.3 is 0 Å². The minimum absolute atomic E-state index is 0.0259. The summed E-state index contributed by atoms with van der Waals surface area (Å²) in [7, 11) is 0. The van der Waals surface area contributed by atoms with Gasteiger partial charge in [-0.2, -0.15) is 0 Å². The van der Waals surface area contributed by atoms with Crippen LogP contribution in [0.15, 0.2) is 18.2 Å². The van der Waals surface area contributed by atoms with Gasteiger partial charge in [-0.25, -0.2) is 0 Å². The fraction of sp³-hybridized carbons (Fsp3) is 0.500. The zero-order valence-corrected chi connectivity index (χ0v) is 13.3. The Bertz CT molecular complexity index is 572. The molecule has 1 aliphatic heterocycles. The van der Waals surface area contributed by atoms with Crippen molar-refractivity contribution in [2.75, 3.05) is 23.7 Å². The van der Waals surface area contributed by atoms with Crippen LogP contribution >= 0.6 is 0 Å². The van der Waals surface area contributed by atoms with E-state index in [0.717, 1.165) is 0 Å². The second-order valence-electron chi connectivity index (χ2n) is 5.86. The topological polar surface area (TPSA) is 84.7 Å². The SMILES string of the molecule is CCC1Oc2ccc(N)cc2N(CC(=O)NCC(C)C)C1=O. The number of ether oxygens (including phenoxy) is 1. The van der Waals surface area contributed by atoms with E-state index in [-0.39, 0.29) is 18.4 Å². The summed E-state index contributed by atoms with van der Waals surface area (Å²) in [6, 6.07) is 5.12. The highest BCUT2D eigenvalue weighted by molar-refractivity contribution is 6.04. The molecule has 0 bridgehead atoms. The normalized spacial score (nSPS) is 17.2. The van der Waals surface area contributed by atoms with Crippen molar-refractivity contribution < 1.29 is 14.3 Å². The lowest BCUT2D eigenvalue weighted by atomic mass is 10.1. The van der Waals surface area contributed by atoms with Crippen LogP contribution in [0.4, 0.5) is 11.4 Å². The highest BCUT2D eigenvalue weighted by Gasteiger charge is 2.34. The van der Waals surface area contributed by atoms with Crippen molar-refractivity contribution in [1.29, 1.82) is 0 Å². The number of nitrogens with two attached hydrogens (primary N) is 1. The van der Waals surface area contributed by atoms with Crippen LogP contribution in [-0.4, -0.2) is 31.0 Å². The van der Waals surface area contributed by atoms with Crippen LogP contribution in [0.25, 0.3) is 0 Å². The Morgan fingerprint density at radius 1 is 1.45 bits per heavy atom. The number of anilines is 2. The summed E-state index contributed by atoms with van der Waals surface area (Å²) in [4.78, 5) is 26.0. The third-order valence-electron chi connectivity index (χ3n) is 3.46. The number of carbonyl (C=O) groups is 2. The summed E-state index contributed by atoms with van der Waals surface area (Å²) in [5.74, 6) is 0.542. The number of hydrogen-bond donors (Lipinski definition) is 2. The maximum absolute atomic E-state index is 12.5. The van der Waals surface area contributed by atoms with Gasteiger partial charge in [0.15, 0.2) is 6.10 Å². The van der Waals surface area contributed by atoms with Gasteiger partial charge < -0.3 is 15.8 Å². The number of nitrogens with zero attached hydrogens (tertiary/aromatic N) is 1. The predicted molar refractivity (Wildman–Crippen MR) is 85.8 cm³/mol. The number of hydrogen-bond acceptors (Lipinski definition) is 4. The van der Waals surface area contributed by atoms with Crippen LogP contribution < -0.4 is 20.7 Å². The number of amides is 2. The number of benzene rings is 1. The highest BCUT2D eigenvalue weighted by atomic mass is 16.5. The molecule has 0 saturated carbocycles. The van der Waals surface area contributed by atoms with E-state index < -0.39 is 6.10 Å². The van der Waals surface area contributed by atoms with Gasteiger partial charge in [-0.3, -0.25) is 14.5 Å². The van der Waals surface area contributed by atoms with Crippen molar-refractivity contribution in [3.63, 3.8) is 0 Å². The number of rotatable bonds is 5. The number of nitrogens with one attached hydrogen (secondary N) is 1. The first kappa shape index (κ1) is 16.1. The first-order valence-corrected chi connectivity index (χ1v) is 7.56. The standard InChI is InChI=1S/C16H23N3O3/c1-4-13-16(21)19(9-15(20)18-8-10(2)3)12-7-11(17)5-6-14(12)22-13/h5-7,10,13H,4,8-9,17H2,1-3H3,(H,18,20). The molecule has 1 unspecified atom stereocenters. The van der Waals surface area contributed by atoms with Crippen LogP contribution in [0, 0.1) is 5.92 Å². The van der Waals surface area contributed by atoms with E-state index in [4.69, 9.17) is 10.5 Å². The Labute approximate surface area is 130 Å². The minimum Gasteiger partial charge on any atom is -0.478 e. The zero-order chi connectivity index (χ0) is 16.3. The van der Waals surface area contributed by atoms with Crippen LogP contribution in [0.2, 0.25) is 0 Å². The molecule has 0 fully saturated rings. The lowest BCUT2D eigenvalue weighted by Crippen LogP contribution is -2.49. The van der Waals surface area contributed by atoms with Crippen LogP contribution in [0.5, 0.6) is 5.75 Å². The van der Waals surface area contributed by atoms with Gasteiger partial charge in [0.1, 0.15) is 12.3 Å². The Kier molecular flexibility index (Phi) is 4.90. The maximum Gasteiger partial charge on any atom is 0.268 e. The van der Waals surface area contributed by atoms with Crippen molar-refractivity contribution in [2.24, 2.45) is 5.92 Å². The molecule has 1 atom stereocenters. The molecule has 0 saturated heterocycles. The maximum atomic E-state index is 12.5. The molecule has 3 N–H and O–H groups in total. The quantitative estimate of drug-likeness (QED) is 0.808. The first-order chi connectivity index (χ1) is 10.4. The van der Waals surface area contributed by atoms with Gasteiger partial charge in [0.05, 0.1) is 5.69 Å². The van der Waals surface area contributed by atoms with E-state index in [0.29, 0.717) is 36.0 Å². The summed E-state index contributed by atoms with van der Waals surface area (Å²) in [5, 5.41) is 2.82. The van der Waals surface area contributed by atoms with Crippen molar-refractivity contribution in [3.05, 3.63) is 18.2 Å². The van der Waals surface area contributed by atoms with E-state index in [1.165, 1.54) is 4.90 Å². The molecule has 6 nitrogen and oxygen atoms in total. The largest absolute Gasteiger partial charge is 0.478 e. The van der Waals surface area contributed by atoms with E-state index in [1.54, 1.807) is 18.2 Å². The van der Waals surface area contributed by atoms with Gasteiger partial charge in [0, 0.05) is 12.2 Å². The molecule has 6 heteroatoms. The summed E-state index contributed by atoms with van der Waals surface area (Å²) >= 11 is 0. The zero-order valence-electron chi connectivity index (χ0n) is 13.3. The molecule has 0 aliphatic carbocycles. The van der Waals surface area contributed by atoms with Crippen LogP contribution in [0.3, 0.4) is 0 Å². The van der Waals surface area contributed by atoms with E-state index >= 15 is 0 Å². The molecule has 2 amide bonds. The lowest BCUT2D eigenvalue weighted by Gasteiger charge is -2.33. The molecule has 0 aromatic heterocycles. The predicted octanol–water partition coefficient (Wildman–Crippen LogP) is 1.54. The van der Waals surface area contributed by atoms with Crippen LogP contribution in [-0.2, 0) is 9.59 Å². The van der Waals surface area contributed by atoms with Crippen molar-refractivity contribution in [2.45, 2.75) is 33.3 Å². The first-order valence-electron chi connectivity index (χ1n) is 7.56. The van der Waals surface area contributed by atoms with Crippen molar-refractivity contribution in [3.8, 4) is 5.75 Å². The van der Waals surface area contributed by atoms with Crippen molar-refractivity contribution in [1.82, 2.24) is 5.32 Å². The van der Waals surface area contributed by atoms with Gasteiger partial charge in [-0.1, -0.05) is 20.8 Å². The summed E-state index contributed by atoms with van der Waals surface area (Å²) in [6.07, 6.45) is -0.0127. The summed E-state index contributed by atoms with van der Waals surface area (Å²) in [6.45, 7) is 6.47. The number of carbonyl (C=O) groups excluding carboxylic acids is 2. The average Bonchev–Trinajstić information content (AvgIpc) is 2.48. The second-order valence-corrected chi connectivity index (χ2v) is 5.86. The Hall–Kier alpha value is -2.24.